The molecular formula is C26H33N5O6S. The van der Waals surface area contributed by atoms with Crippen molar-refractivity contribution in [2.24, 2.45) is 5.92 Å². The van der Waals surface area contributed by atoms with E-state index in [4.69, 9.17) is 0 Å². The summed E-state index contributed by atoms with van der Waals surface area (Å²) >= 11 is 0. The molecule has 4 N–H and O–H groups in total. The van der Waals surface area contributed by atoms with Gasteiger partial charge in [0.05, 0.1) is 6.10 Å². The summed E-state index contributed by atoms with van der Waals surface area (Å²) in [5.74, 6) is -1.04. The number of aliphatic hydroxyl groups is 1. The predicted molar refractivity (Wildman–Crippen MR) is 140 cm³/mol. The summed E-state index contributed by atoms with van der Waals surface area (Å²) in [6.45, 7) is 3.81. The molecule has 3 aromatic rings. The Morgan fingerprint density at radius 2 is 2.00 bits per heavy atom. The van der Waals surface area contributed by atoms with Crippen molar-refractivity contribution >= 4 is 32.7 Å². The maximum atomic E-state index is 13.5. The molecule has 1 saturated heterocycles. The lowest BCUT2D eigenvalue weighted by molar-refractivity contribution is -0.646. The first-order chi connectivity index (χ1) is 18.1. The van der Waals surface area contributed by atoms with Gasteiger partial charge in [0, 0.05) is 41.3 Å². The normalized spacial score (nSPS) is 19.7. The lowest BCUT2D eigenvalue weighted by Crippen LogP contribution is -2.60. The fraction of sp³-hybridized carbons (Fsp3) is 0.423. The van der Waals surface area contributed by atoms with Gasteiger partial charge in [-0.1, -0.05) is 13.8 Å². The number of hydrogen-bond donors (Lipinski definition) is 4. The number of H-pyrrole nitrogens is 1. The first kappa shape index (κ1) is 27.6. The van der Waals surface area contributed by atoms with Crippen LogP contribution in [0.4, 0.5) is 0 Å². The lowest BCUT2D eigenvalue weighted by atomic mass is 10.0. The molecule has 3 heterocycles. The number of hydrogen-bond acceptors (Lipinski definition) is 6. The Balaban J connectivity index is 1.58. The zero-order chi connectivity index (χ0) is 27.4. The average Bonchev–Trinajstić information content (AvgIpc) is 3.26. The Hall–Kier alpha value is -3.48. The van der Waals surface area contributed by atoms with E-state index in [9.17, 15) is 28.3 Å². The molecule has 1 aliphatic rings. The monoisotopic (exact) mass is 543 g/mol. The molecular weight excluding hydrogens is 510 g/mol. The van der Waals surface area contributed by atoms with E-state index < -0.39 is 45.2 Å². The first-order valence-electron chi connectivity index (χ1n) is 12.6. The van der Waals surface area contributed by atoms with Gasteiger partial charge < -0.3 is 25.9 Å². The van der Waals surface area contributed by atoms with Gasteiger partial charge in [-0.15, -0.1) is 0 Å². The SMILES string of the molecule is CC(C)CC(NC(=O)c1ccc2[nH]ccc2c1)C(=O)NC1[C@@H](O)CCCCN1S(=O)(=O)c1cccc[n+]1[O-]. The van der Waals surface area contributed by atoms with Gasteiger partial charge in [0.25, 0.3) is 5.91 Å². The quantitative estimate of drug-likeness (QED) is 0.250. The van der Waals surface area contributed by atoms with E-state index >= 15 is 0 Å². The van der Waals surface area contributed by atoms with Crippen molar-refractivity contribution < 1.29 is 27.8 Å². The number of benzene rings is 1. The molecule has 38 heavy (non-hydrogen) atoms. The molecule has 11 nitrogen and oxygen atoms in total. The number of sulfonamides is 1. The van der Waals surface area contributed by atoms with Crippen molar-refractivity contribution in [1.82, 2.24) is 19.9 Å². The van der Waals surface area contributed by atoms with Gasteiger partial charge >= 0.3 is 15.0 Å². The maximum Gasteiger partial charge on any atom is 0.323 e. The Kier molecular flexibility index (Phi) is 8.34. The van der Waals surface area contributed by atoms with Crippen LogP contribution in [0.25, 0.3) is 10.9 Å². The highest BCUT2D eigenvalue weighted by Crippen LogP contribution is 2.23. The number of carbonyl (C=O) groups excluding carboxylic acids is 2. The smallest absolute Gasteiger partial charge is 0.323 e. The number of pyridine rings is 1. The Morgan fingerprint density at radius 3 is 2.74 bits per heavy atom. The third-order valence-corrected chi connectivity index (χ3v) is 8.47. The number of carbonyl (C=O) groups is 2. The minimum Gasteiger partial charge on any atom is -0.618 e. The highest BCUT2D eigenvalue weighted by atomic mass is 32.2. The van der Waals surface area contributed by atoms with Gasteiger partial charge in [-0.2, -0.15) is 9.04 Å². The third kappa shape index (κ3) is 5.98. The molecule has 4 rings (SSSR count). The van der Waals surface area contributed by atoms with Crippen molar-refractivity contribution in [3.8, 4) is 0 Å². The zero-order valence-corrected chi connectivity index (χ0v) is 22.1. The molecule has 0 bridgehead atoms. The molecule has 1 aliphatic heterocycles. The fourth-order valence-corrected chi connectivity index (χ4v) is 6.31. The van der Waals surface area contributed by atoms with Crippen molar-refractivity contribution in [1.29, 1.82) is 0 Å². The molecule has 2 amide bonds. The number of aliphatic hydroxyl groups excluding tert-OH is 1. The minimum atomic E-state index is -4.36. The van der Waals surface area contributed by atoms with Crippen LogP contribution < -0.4 is 15.4 Å². The summed E-state index contributed by atoms with van der Waals surface area (Å²) in [5, 5.41) is 28.9. The third-order valence-electron chi connectivity index (χ3n) is 6.60. The van der Waals surface area contributed by atoms with Crippen molar-refractivity contribution in [3.63, 3.8) is 0 Å². The number of aromatic amines is 1. The van der Waals surface area contributed by atoms with Crippen LogP contribution in [-0.2, 0) is 14.8 Å². The molecule has 0 radical (unpaired) electrons. The Bertz CT molecular complexity index is 1410. The number of aromatic nitrogens is 2. The molecule has 1 aromatic carbocycles. The fourth-order valence-electron chi connectivity index (χ4n) is 4.67. The molecule has 0 aliphatic carbocycles. The summed E-state index contributed by atoms with van der Waals surface area (Å²) in [6.07, 6.45) is 1.88. The predicted octanol–water partition coefficient (Wildman–Crippen LogP) is 1.62. The maximum absolute atomic E-state index is 13.5. The zero-order valence-electron chi connectivity index (χ0n) is 21.3. The highest BCUT2D eigenvalue weighted by Gasteiger charge is 2.42. The molecule has 0 spiro atoms. The van der Waals surface area contributed by atoms with E-state index in [-0.39, 0.29) is 23.6 Å². The largest absolute Gasteiger partial charge is 0.618 e. The van der Waals surface area contributed by atoms with E-state index in [2.05, 4.69) is 15.6 Å². The van der Waals surface area contributed by atoms with Crippen LogP contribution >= 0.6 is 0 Å². The molecule has 0 saturated carbocycles. The molecule has 12 heteroatoms. The van der Waals surface area contributed by atoms with E-state index in [1.165, 1.54) is 18.2 Å². The van der Waals surface area contributed by atoms with Gasteiger partial charge in [-0.3, -0.25) is 9.59 Å². The van der Waals surface area contributed by atoms with Crippen LogP contribution in [-0.4, -0.2) is 59.5 Å². The van der Waals surface area contributed by atoms with Gasteiger partial charge in [-0.25, -0.2) is 8.42 Å². The Morgan fingerprint density at radius 1 is 1.21 bits per heavy atom. The number of amides is 2. The van der Waals surface area contributed by atoms with Gasteiger partial charge in [-0.05, 0) is 61.9 Å². The van der Waals surface area contributed by atoms with E-state index in [1.807, 2.05) is 19.9 Å². The van der Waals surface area contributed by atoms with Crippen LogP contribution in [0.15, 0.2) is 59.9 Å². The number of rotatable bonds is 8. The average molecular weight is 544 g/mol. The standard InChI is InChI=1S/C26H33N5O6S/c1-17(2)15-21(28-25(33)19-9-10-20-18(16-19)11-12-27-20)26(34)29-24-22(32)7-3-6-14-31(24)38(36,37)23-8-4-5-13-30(23)35/h4-5,8-13,16-17,21-22,24,27,32H,3,6-7,14-15H2,1-2H3,(H,28,33)(H,29,34)/t21?,22-,24?/m0/s1. The van der Waals surface area contributed by atoms with E-state index in [1.54, 1.807) is 24.4 Å². The molecule has 2 unspecified atom stereocenters. The topological polar surface area (TPSA) is 159 Å². The summed E-state index contributed by atoms with van der Waals surface area (Å²) in [4.78, 5) is 29.6. The van der Waals surface area contributed by atoms with Gasteiger partial charge in [0.1, 0.15) is 12.2 Å². The van der Waals surface area contributed by atoms with Crippen molar-refractivity contribution in [2.75, 3.05) is 6.54 Å². The molecule has 1 fully saturated rings. The summed E-state index contributed by atoms with van der Waals surface area (Å²) in [7, 11) is -4.36. The van der Waals surface area contributed by atoms with E-state index in [0.717, 1.165) is 21.4 Å². The highest BCUT2D eigenvalue weighted by molar-refractivity contribution is 7.89. The van der Waals surface area contributed by atoms with Crippen molar-refractivity contribution in [2.45, 2.75) is 62.9 Å². The summed E-state index contributed by atoms with van der Waals surface area (Å²) in [5.41, 5.74) is 1.25. The van der Waals surface area contributed by atoms with Crippen LogP contribution in [0.2, 0.25) is 0 Å². The molecule has 204 valence electrons. The number of nitrogens with zero attached hydrogens (tertiary/aromatic N) is 2. The number of nitrogens with one attached hydrogen (secondary N) is 3. The lowest BCUT2D eigenvalue weighted by Gasteiger charge is -2.33. The van der Waals surface area contributed by atoms with Gasteiger partial charge in [0.2, 0.25) is 5.91 Å². The van der Waals surface area contributed by atoms with Crippen LogP contribution in [0, 0.1) is 11.1 Å². The minimum absolute atomic E-state index is 0.0110. The van der Waals surface area contributed by atoms with Crippen molar-refractivity contribution in [3.05, 3.63) is 65.6 Å². The summed E-state index contributed by atoms with van der Waals surface area (Å²) in [6, 6.07) is 10.0. The molecule has 2 aromatic heterocycles. The van der Waals surface area contributed by atoms with Crippen LogP contribution in [0.3, 0.4) is 0 Å². The second kappa shape index (κ2) is 11.5. The Labute approximate surface area is 221 Å². The second-order valence-electron chi connectivity index (χ2n) is 9.93. The van der Waals surface area contributed by atoms with Crippen LogP contribution in [0.1, 0.15) is 49.9 Å². The second-order valence-corrected chi connectivity index (χ2v) is 11.8. The summed E-state index contributed by atoms with van der Waals surface area (Å²) < 4.78 is 28.1. The first-order valence-corrected chi connectivity index (χ1v) is 14.1. The molecule has 3 atom stereocenters. The van der Waals surface area contributed by atoms with Crippen LogP contribution in [0.5, 0.6) is 0 Å². The number of fused-ring (bicyclic) bond motifs is 1. The van der Waals surface area contributed by atoms with E-state index in [0.29, 0.717) is 24.8 Å². The van der Waals surface area contributed by atoms with Gasteiger partial charge in [0.15, 0.2) is 6.20 Å².